The van der Waals surface area contributed by atoms with Crippen LogP contribution in [0.5, 0.6) is 0 Å². The molecule has 3 heterocycles. The molecule has 0 bridgehead atoms. The van der Waals surface area contributed by atoms with Crippen LogP contribution in [0.15, 0.2) is 29.6 Å². The average Bonchev–Trinajstić information content (AvgIpc) is 2.84. The molecule has 7 heteroatoms. The second-order valence-electron chi connectivity index (χ2n) is 3.42. The Morgan fingerprint density at radius 2 is 2.25 bits per heavy atom. The third-order valence-corrected chi connectivity index (χ3v) is 2.28. The van der Waals surface area contributed by atoms with Gasteiger partial charge in [0.2, 0.25) is 5.78 Å². The van der Waals surface area contributed by atoms with Gasteiger partial charge in [0, 0.05) is 24.9 Å². The highest BCUT2D eigenvalue weighted by molar-refractivity contribution is 5.59. The van der Waals surface area contributed by atoms with Crippen LogP contribution in [0.2, 0.25) is 0 Å². The topological polar surface area (TPSA) is 80.9 Å². The highest BCUT2D eigenvalue weighted by Crippen LogP contribution is 2.15. The van der Waals surface area contributed by atoms with E-state index in [1.54, 1.807) is 15.4 Å². The maximum absolute atomic E-state index is 11.4. The van der Waals surface area contributed by atoms with Gasteiger partial charge in [-0.1, -0.05) is 0 Å². The van der Waals surface area contributed by atoms with Crippen LogP contribution in [0, 0.1) is 0 Å². The molecule has 0 aliphatic heterocycles. The van der Waals surface area contributed by atoms with E-state index in [0.717, 1.165) is 5.56 Å². The lowest BCUT2D eigenvalue weighted by atomic mass is 10.2. The molecule has 0 aromatic carbocycles. The van der Waals surface area contributed by atoms with Gasteiger partial charge in [0.15, 0.2) is 0 Å². The van der Waals surface area contributed by atoms with E-state index in [2.05, 4.69) is 20.2 Å². The molecule has 0 unspecified atom stereocenters. The van der Waals surface area contributed by atoms with Gasteiger partial charge in [0.25, 0.3) is 5.56 Å². The van der Waals surface area contributed by atoms with Crippen molar-refractivity contribution in [2.75, 3.05) is 0 Å². The first-order valence-corrected chi connectivity index (χ1v) is 4.66. The fourth-order valence-corrected chi connectivity index (χ4v) is 1.59. The van der Waals surface area contributed by atoms with Crippen LogP contribution in [0.25, 0.3) is 17.0 Å². The number of rotatable bonds is 1. The average molecular weight is 216 g/mol. The zero-order chi connectivity index (χ0) is 11.1. The van der Waals surface area contributed by atoms with E-state index in [1.807, 2.05) is 13.2 Å². The number of hydrogen-bond acceptors (Lipinski definition) is 4. The summed E-state index contributed by atoms with van der Waals surface area (Å²) in [6, 6.07) is 1.47. The summed E-state index contributed by atoms with van der Waals surface area (Å²) >= 11 is 0. The number of hydrogen-bond donors (Lipinski definition) is 1. The lowest BCUT2D eigenvalue weighted by Gasteiger charge is -1.99. The summed E-state index contributed by atoms with van der Waals surface area (Å²) in [4.78, 5) is 18.0. The number of aromatic amines is 1. The first-order chi connectivity index (χ1) is 7.74. The minimum Gasteiger partial charge on any atom is -0.291 e. The zero-order valence-corrected chi connectivity index (χ0v) is 8.45. The van der Waals surface area contributed by atoms with Crippen LogP contribution < -0.4 is 5.56 Å². The molecule has 0 saturated heterocycles. The molecule has 0 aliphatic carbocycles. The molecular weight excluding hydrogens is 208 g/mol. The van der Waals surface area contributed by atoms with Crippen LogP contribution in [-0.4, -0.2) is 29.4 Å². The third-order valence-electron chi connectivity index (χ3n) is 2.28. The van der Waals surface area contributed by atoms with E-state index < -0.39 is 0 Å². The maximum atomic E-state index is 11.4. The monoisotopic (exact) mass is 216 g/mol. The van der Waals surface area contributed by atoms with Crippen LogP contribution in [0.4, 0.5) is 0 Å². The molecule has 1 N–H and O–H groups in total. The number of aryl methyl sites for hydroxylation is 1. The Kier molecular flexibility index (Phi) is 1.67. The van der Waals surface area contributed by atoms with E-state index in [-0.39, 0.29) is 5.56 Å². The molecule has 0 fully saturated rings. The molecule has 0 aliphatic rings. The Balaban J connectivity index is 2.37. The highest BCUT2D eigenvalue weighted by Gasteiger charge is 2.08. The molecule has 0 spiro atoms. The Bertz CT molecular complexity index is 706. The van der Waals surface area contributed by atoms with Crippen molar-refractivity contribution in [3.05, 3.63) is 35.1 Å². The van der Waals surface area contributed by atoms with Crippen molar-refractivity contribution < 1.29 is 0 Å². The minimum absolute atomic E-state index is 0.209. The zero-order valence-electron chi connectivity index (χ0n) is 8.45. The Hall–Kier alpha value is -2.44. The maximum Gasteiger partial charge on any atom is 0.252 e. The Labute approximate surface area is 89.4 Å². The number of nitrogens with zero attached hydrogens (tertiary/aromatic N) is 5. The molecule has 0 atom stereocenters. The second kappa shape index (κ2) is 3.02. The number of H-pyrrole nitrogens is 1. The SMILES string of the molecule is Cn1cc(-c2cc(=O)[nH]c3ncnn23)cn1. The van der Waals surface area contributed by atoms with Gasteiger partial charge >= 0.3 is 0 Å². The highest BCUT2D eigenvalue weighted by atomic mass is 16.1. The summed E-state index contributed by atoms with van der Waals surface area (Å²) in [6.45, 7) is 0. The van der Waals surface area contributed by atoms with E-state index in [0.29, 0.717) is 11.5 Å². The van der Waals surface area contributed by atoms with Crippen molar-refractivity contribution in [2.24, 2.45) is 7.05 Å². The van der Waals surface area contributed by atoms with Gasteiger partial charge < -0.3 is 0 Å². The fraction of sp³-hybridized carbons (Fsp3) is 0.111. The summed E-state index contributed by atoms with van der Waals surface area (Å²) < 4.78 is 3.23. The van der Waals surface area contributed by atoms with Gasteiger partial charge in [-0.2, -0.15) is 19.7 Å². The smallest absolute Gasteiger partial charge is 0.252 e. The third kappa shape index (κ3) is 1.22. The van der Waals surface area contributed by atoms with Gasteiger partial charge in [-0.15, -0.1) is 0 Å². The normalized spacial score (nSPS) is 11.1. The van der Waals surface area contributed by atoms with Crippen molar-refractivity contribution in [1.82, 2.24) is 29.4 Å². The Morgan fingerprint density at radius 3 is 3.00 bits per heavy atom. The fourth-order valence-electron chi connectivity index (χ4n) is 1.59. The molecule has 0 amide bonds. The summed E-state index contributed by atoms with van der Waals surface area (Å²) in [7, 11) is 1.81. The second-order valence-corrected chi connectivity index (χ2v) is 3.42. The largest absolute Gasteiger partial charge is 0.291 e. The van der Waals surface area contributed by atoms with E-state index in [4.69, 9.17) is 0 Å². The minimum atomic E-state index is -0.209. The van der Waals surface area contributed by atoms with E-state index in [9.17, 15) is 4.79 Å². The van der Waals surface area contributed by atoms with Crippen LogP contribution in [0.3, 0.4) is 0 Å². The number of aromatic nitrogens is 6. The first kappa shape index (κ1) is 8.84. The number of fused-ring (bicyclic) bond motifs is 1. The lowest BCUT2D eigenvalue weighted by molar-refractivity contribution is 0.768. The van der Waals surface area contributed by atoms with E-state index in [1.165, 1.54) is 12.4 Å². The summed E-state index contributed by atoms with van der Waals surface area (Å²) in [5.41, 5.74) is 1.29. The van der Waals surface area contributed by atoms with E-state index >= 15 is 0 Å². The molecule has 3 aromatic heterocycles. The van der Waals surface area contributed by atoms with Crippen molar-refractivity contribution in [1.29, 1.82) is 0 Å². The Morgan fingerprint density at radius 1 is 1.38 bits per heavy atom. The van der Waals surface area contributed by atoms with Crippen molar-refractivity contribution in [3.63, 3.8) is 0 Å². The predicted molar refractivity (Wildman–Crippen MR) is 55.8 cm³/mol. The molecule has 3 rings (SSSR count). The van der Waals surface area contributed by atoms with Crippen LogP contribution >= 0.6 is 0 Å². The predicted octanol–water partition coefficient (Wildman–Crippen LogP) is -0.182. The molecular formula is C9H8N6O. The van der Waals surface area contributed by atoms with Crippen molar-refractivity contribution in [3.8, 4) is 11.3 Å². The molecule has 0 radical (unpaired) electrons. The quantitative estimate of drug-likeness (QED) is 0.611. The summed E-state index contributed by atoms with van der Waals surface area (Å²) in [6.07, 6.45) is 4.89. The molecule has 7 nitrogen and oxygen atoms in total. The lowest BCUT2D eigenvalue weighted by Crippen LogP contribution is -2.09. The number of nitrogens with one attached hydrogen (secondary N) is 1. The standard InChI is InChI=1S/C9H8N6O/c1-14-4-6(3-11-14)7-2-8(16)13-9-10-5-12-15(7)9/h2-5H,1H3,(H,10,12,13,16). The van der Waals surface area contributed by atoms with Gasteiger partial charge in [0.1, 0.15) is 6.33 Å². The van der Waals surface area contributed by atoms with Gasteiger partial charge in [0.05, 0.1) is 11.9 Å². The molecule has 0 saturated carbocycles. The van der Waals surface area contributed by atoms with Gasteiger partial charge in [-0.3, -0.25) is 14.5 Å². The van der Waals surface area contributed by atoms with Crippen molar-refractivity contribution >= 4 is 5.78 Å². The van der Waals surface area contributed by atoms with Gasteiger partial charge in [-0.25, -0.2) is 0 Å². The molecule has 16 heavy (non-hydrogen) atoms. The molecule has 3 aromatic rings. The summed E-state index contributed by atoms with van der Waals surface area (Å²) in [5.74, 6) is 0.423. The van der Waals surface area contributed by atoms with Gasteiger partial charge in [-0.05, 0) is 0 Å². The van der Waals surface area contributed by atoms with Crippen molar-refractivity contribution in [2.45, 2.75) is 0 Å². The molecule has 80 valence electrons. The summed E-state index contributed by atoms with van der Waals surface area (Å²) in [5, 5.41) is 8.10. The first-order valence-electron chi connectivity index (χ1n) is 4.66. The van der Waals surface area contributed by atoms with Crippen LogP contribution in [-0.2, 0) is 7.05 Å². The van der Waals surface area contributed by atoms with Crippen LogP contribution in [0.1, 0.15) is 0 Å².